The molecule has 1 aliphatic rings. The zero-order chi connectivity index (χ0) is 28.7. The number of carbonyl (C=O) groups is 1. The van der Waals surface area contributed by atoms with E-state index >= 15 is 0 Å². The van der Waals surface area contributed by atoms with E-state index in [0.29, 0.717) is 30.4 Å². The molecule has 2 N–H and O–H groups in total. The number of piperidine rings is 1. The number of anilines is 1. The van der Waals surface area contributed by atoms with E-state index < -0.39 is 23.8 Å². The fourth-order valence-electron chi connectivity index (χ4n) is 5.50. The average molecular weight is 555 g/mol. The molecule has 1 saturated heterocycles. The summed E-state index contributed by atoms with van der Waals surface area (Å²) in [6, 6.07) is 11.7. The number of carbonyl (C=O) groups excluding carboxylic acids is 1. The van der Waals surface area contributed by atoms with Crippen LogP contribution >= 0.6 is 0 Å². The largest absolute Gasteiger partial charge is 0.468 e. The first-order chi connectivity index (χ1) is 19.9. The Hall–Kier alpha value is -4.89. The van der Waals surface area contributed by atoms with Crippen LogP contribution in [0.3, 0.4) is 0 Å². The summed E-state index contributed by atoms with van der Waals surface area (Å²) in [6.45, 7) is 2.64. The second-order valence-corrected chi connectivity index (χ2v) is 10.1. The van der Waals surface area contributed by atoms with Crippen LogP contribution in [0.25, 0.3) is 27.7 Å². The van der Waals surface area contributed by atoms with Gasteiger partial charge in [-0.25, -0.2) is 9.78 Å². The van der Waals surface area contributed by atoms with Gasteiger partial charge in [0, 0.05) is 25.3 Å². The molecule has 1 fully saturated rings. The van der Waals surface area contributed by atoms with Gasteiger partial charge in [0.15, 0.2) is 11.2 Å². The molecule has 1 atom stereocenters. The minimum atomic E-state index is -0.678. The van der Waals surface area contributed by atoms with Gasteiger partial charge < -0.3 is 15.4 Å². The molecule has 0 saturated carbocycles. The molecule has 0 amide bonds. The first kappa shape index (κ1) is 26.3. The van der Waals surface area contributed by atoms with Crippen LogP contribution < -0.4 is 21.9 Å². The molecule has 1 unspecified atom stereocenters. The van der Waals surface area contributed by atoms with Crippen molar-refractivity contribution < 1.29 is 9.53 Å². The molecule has 0 spiro atoms. The third-order valence-electron chi connectivity index (χ3n) is 7.48. The summed E-state index contributed by atoms with van der Waals surface area (Å²) in [4.78, 5) is 51.7. The molecule has 0 radical (unpaired) electrons. The van der Waals surface area contributed by atoms with E-state index in [2.05, 4.69) is 16.8 Å². The van der Waals surface area contributed by atoms with Gasteiger partial charge >= 0.3 is 11.7 Å². The second-order valence-electron chi connectivity index (χ2n) is 10.1. The zero-order valence-electron chi connectivity index (χ0n) is 22.9. The number of hydrogen-bond acceptors (Lipinski definition) is 8. The fraction of sp³-hybridized carbons (Fsp3) is 0.345. The SMILES string of the molecule is CC#CCn1c(N2CCCC(N)C2)nc2c1c(=O)n(Cc1cn3c(ccc4ccccc43)n1)c(=O)n2CC(=O)OC. The Labute approximate surface area is 234 Å². The highest BCUT2D eigenvalue weighted by molar-refractivity contribution is 5.82. The van der Waals surface area contributed by atoms with Crippen LogP contribution in [0.1, 0.15) is 25.5 Å². The Morgan fingerprint density at radius 2 is 1.95 bits per heavy atom. The maximum absolute atomic E-state index is 14.1. The van der Waals surface area contributed by atoms with E-state index in [1.54, 1.807) is 11.5 Å². The Kier molecular flexibility index (Phi) is 6.80. The van der Waals surface area contributed by atoms with Gasteiger partial charge in [-0.15, -0.1) is 5.92 Å². The summed E-state index contributed by atoms with van der Waals surface area (Å²) in [6.07, 6.45) is 3.57. The molecule has 4 aromatic heterocycles. The molecule has 41 heavy (non-hydrogen) atoms. The van der Waals surface area contributed by atoms with Gasteiger partial charge in [-0.1, -0.05) is 24.1 Å². The fourth-order valence-corrected chi connectivity index (χ4v) is 5.50. The van der Waals surface area contributed by atoms with E-state index in [1.807, 2.05) is 51.9 Å². The first-order valence-corrected chi connectivity index (χ1v) is 13.5. The standard InChI is InChI=1S/C29H30N8O4/c1-3-4-14-34-25-26(32-28(34)33-13-7-9-20(30)15-33)36(18-24(38)41-2)29(40)37(27(25)39)17-21-16-35-22-10-6-5-8-19(22)11-12-23(35)31-21/h5-6,8,10-12,16,20H,7,9,13-15,17-18,30H2,1-2H3. The van der Waals surface area contributed by atoms with Crippen LogP contribution in [-0.2, 0) is 29.2 Å². The third kappa shape index (κ3) is 4.64. The van der Waals surface area contributed by atoms with Crippen molar-refractivity contribution in [1.82, 2.24) is 28.1 Å². The molecule has 210 valence electrons. The number of imidazole rings is 2. The summed E-state index contributed by atoms with van der Waals surface area (Å²) in [5.74, 6) is 5.75. The minimum absolute atomic E-state index is 0.0469. The number of methoxy groups -OCH3 is 1. The second kappa shape index (κ2) is 10.6. The van der Waals surface area contributed by atoms with Crippen molar-refractivity contribution in [1.29, 1.82) is 0 Å². The van der Waals surface area contributed by atoms with Crippen LogP contribution in [0.5, 0.6) is 0 Å². The summed E-state index contributed by atoms with van der Waals surface area (Å²) in [7, 11) is 1.25. The van der Waals surface area contributed by atoms with Crippen molar-refractivity contribution in [3.05, 3.63) is 69.1 Å². The van der Waals surface area contributed by atoms with Gasteiger partial charge in [-0.2, -0.15) is 4.98 Å². The van der Waals surface area contributed by atoms with E-state index in [1.165, 1.54) is 11.7 Å². The van der Waals surface area contributed by atoms with Gasteiger partial charge in [0.2, 0.25) is 5.95 Å². The number of para-hydroxylation sites is 1. The van der Waals surface area contributed by atoms with Crippen LogP contribution in [-0.4, -0.2) is 60.3 Å². The predicted octanol–water partition coefficient (Wildman–Crippen LogP) is 1.33. The lowest BCUT2D eigenvalue weighted by Crippen LogP contribution is -2.44. The third-order valence-corrected chi connectivity index (χ3v) is 7.48. The Balaban J connectivity index is 1.56. The van der Waals surface area contributed by atoms with Crippen molar-refractivity contribution in [2.24, 2.45) is 5.73 Å². The highest BCUT2D eigenvalue weighted by Gasteiger charge is 2.27. The van der Waals surface area contributed by atoms with E-state index in [0.717, 1.165) is 28.3 Å². The van der Waals surface area contributed by atoms with Crippen LogP contribution in [0.15, 0.2) is 52.2 Å². The van der Waals surface area contributed by atoms with Gasteiger partial charge in [0.05, 0.1) is 31.4 Å². The molecule has 1 aliphatic heterocycles. The molecule has 5 aromatic rings. The van der Waals surface area contributed by atoms with E-state index in [-0.39, 0.29) is 30.3 Å². The quantitative estimate of drug-likeness (QED) is 0.245. The Morgan fingerprint density at radius 1 is 1.12 bits per heavy atom. The number of fused-ring (bicyclic) bond motifs is 4. The molecular weight excluding hydrogens is 524 g/mol. The van der Waals surface area contributed by atoms with Gasteiger partial charge in [-0.3, -0.25) is 27.7 Å². The van der Waals surface area contributed by atoms with Gasteiger partial charge in [-0.05, 0) is 43.4 Å². The minimum Gasteiger partial charge on any atom is -0.468 e. The first-order valence-electron chi connectivity index (χ1n) is 13.5. The molecule has 12 nitrogen and oxygen atoms in total. The van der Waals surface area contributed by atoms with E-state index in [4.69, 9.17) is 15.5 Å². The molecule has 12 heteroatoms. The molecule has 0 bridgehead atoms. The average Bonchev–Trinajstić information content (AvgIpc) is 3.58. The number of benzene rings is 1. The van der Waals surface area contributed by atoms with E-state index in [9.17, 15) is 14.4 Å². The normalized spacial score (nSPS) is 15.4. The van der Waals surface area contributed by atoms with Crippen molar-refractivity contribution in [3.8, 4) is 11.8 Å². The summed E-state index contributed by atoms with van der Waals surface area (Å²) >= 11 is 0. The Morgan fingerprint density at radius 3 is 2.73 bits per heavy atom. The lowest BCUT2D eigenvalue weighted by molar-refractivity contribution is -0.141. The summed E-state index contributed by atoms with van der Waals surface area (Å²) in [5, 5.41) is 1.04. The smallest absolute Gasteiger partial charge is 0.333 e. The van der Waals surface area contributed by atoms with Crippen LogP contribution in [0.2, 0.25) is 0 Å². The number of esters is 1. The number of rotatable bonds is 6. The topological polar surface area (TPSA) is 135 Å². The number of pyridine rings is 1. The summed E-state index contributed by atoms with van der Waals surface area (Å²) < 4.78 is 10.8. The molecule has 1 aromatic carbocycles. The van der Waals surface area contributed by atoms with Crippen molar-refractivity contribution in [3.63, 3.8) is 0 Å². The van der Waals surface area contributed by atoms with Gasteiger partial charge in [0.25, 0.3) is 5.56 Å². The van der Waals surface area contributed by atoms with Crippen LogP contribution in [0.4, 0.5) is 5.95 Å². The maximum atomic E-state index is 14.1. The van der Waals surface area contributed by atoms with Crippen LogP contribution in [0, 0.1) is 11.8 Å². The number of nitrogens with two attached hydrogens (primary N) is 1. The number of hydrogen-bond donors (Lipinski definition) is 1. The lowest BCUT2D eigenvalue weighted by Gasteiger charge is -2.31. The highest BCUT2D eigenvalue weighted by atomic mass is 16.5. The van der Waals surface area contributed by atoms with Crippen molar-refractivity contribution >= 4 is 39.6 Å². The van der Waals surface area contributed by atoms with Crippen molar-refractivity contribution in [2.45, 2.75) is 45.4 Å². The molecular formula is C29H30N8O4. The predicted molar refractivity (Wildman–Crippen MR) is 155 cm³/mol. The molecule has 6 rings (SSSR count). The number of aromatic nitrogens is 6. The Bertz CT molecular complexity index is 1990. The number of nitrogens with zero attached hydrogens (tertiary/aromatic N) is 7. The monoisotopic (exact) mass is 554 g/mol. The van der Waals surface area contributed by atoms with Gasteiger partial charge in [0.1, 0.15) is 12.2 Å². The zero-order valence-corrected chi connectivity index (χ0v) is 22.9. The lowest BCUT2D eigenvalue weighted by atomic mass is 10.1. The number of ether oxygens (including phenoxy) is 1. The molecule has 5 heterocycles. The van der Waals surface area contributed by atoms with Crippen molar-refractivity contribution in [2.75, 3.05) is 25.1 Å². The summed E-state index contributed by atoms with van der Waals surface area (Å²) in [5.41, 5.74) is 7.49. The maximum Gasteiger partial charge on any atom is 0.333 e. The molecule has 0 aliphatic carbocycles. The highest BCUT2D eigenvalue weighted by Crippen LogP contribution is 2.23.